The Morgan fingerprint density at radius 3 is 2.89 bits per heavy atom. The van der Waals surface area contributed by atoms with Crippen molar-refractivity contribution in [1.82, 2.24) is 5.32 Å². The van der Waals surface area contributed by atoms with Crippen molar-refractivity contribution in [2.45, 2.75) is 24.8 Å². The van der Waals surface area contributed by atoms with Crippen molar-refractivity contribution in [3.63, 3.8) is 0 Å². The SMILES string of the molecule is CCNC(CSc1cccc(Cl)c1)C(=O)OCC. The molecule has 1 unspecified atom stereocenters. The van der Waals surface area contributed by atoms with Gasteiger partial charge in [-0.25, -0.2) is 0 Å². The Bertz CT molecular complexity index is 387. The molecule has 1 atom stereocenters. The Kier molecular flexibility index (Phi) is 7.16. The molecular formula is C13H18ClNO2S. The van der Waals surface area contributed by atoms with Crippen LogP contribution in [0.25, 0.3) is 0 Å². The molecule has 100 valence electrons. The van der Waals surface area contributed by atoms with Gasteiger partial charge < -0.3 is 10.1 Å². The maximum absolute atomic E-state index is 11.7. The lowest BCUT2D eigenvalue weighted by atomic mass is 10.3. The molecule has 0 bridgehead atoms. The van der Waals surface area contributed by atoms with Crippen molar-refractivity contribution in [3.05, 3.63) is 29.3 Å². The molecule has 0 aliphatic carbocycles. The summed E-state index contributed by atoms with van der Waals surface area (Å²) >= 11 is 7.50. The first-order valence-electron chi connectivity index (χ1n) is 5.95. The van der Waals surface area contributed by atoms with E-state index < -0.39 is 0 Å². The number of thioether (sulfide) groups is 1. The molecule has 1 aromatic rings. The summed E-state index contributed by atoms with van der Waals surface area (Å²) in [6.07, 6.45) is 0. The topological polar surface area (TPSA) is 38.3 Å². The van der Waals surface area contributed by atoms with Gasteiger partial charge in [0.1, 0.15) is 6.04 Å². The summed E-state index contributed by atoms with van der Waals surface area (Å²) < 4.78 is 5.03. The van der Waals surface area contributed by atoms with E-state index in [1.54, 1.807) is 11.8 Å². The van der Waals surface area contributed by atoms with Crippen LogP contribution in [0.15, 0.2) is 29.2 Å². The molecule has 18 heavy (non-hydrogen) atoms. The molecule has 1 N–H and O–H groups in total. The van der Waals surface area contributed by atoms with Gasteiger partial charge in [0.2, 0.25) is 0 Å². The van der Waals surface area contributed by atoms with Crippen LogP contribution in [0.3, 0.4) is 0 Å². The average Bonchev–Trinajstić information content (AvgIpc) is 2.35. The summed E-state index contributed by atoms with van der Waals surface area (Å²) in [6, 6.07) is 7.32. The Morgan fingerprint density at radius 2 is 2.28 bits per heavy atom. The number of hydrogen-bond acceptors (Lipinski definition) is 4. The number of nitrogens with one attached hydrogen (secondary N) is 1. The van der Waals surface area contributed by atoms with E-state index in [9.17, 15) is 4.79 Å². The molecule has 0 aliphatic rings. The zero-order chi connectivity index (χ0) is 13.4. The highest BCUT2D eigenvalue weighted by Crippen LogP contribution is 2.22. The van der Waals surface area contributed by atoms with Gasteiger partial charge in [-0.05, 0) is 31.7 Å². The number of rotatable bonds is 7. The summed E-state index contributed by atoms with van der Waals surface area (Å²) in [4.78, 5) is 12.7. The van der Waals surface area contributed by atoms with Gasteiger partial charge in [0.25, 0.3) is 0 Å². The van der Waals surface area contributed by atoms with Crippen LogP contribution in [0.4, 0.5) is 0 Å². The molecule has 0 saturated heterocycles. The monoisotopic (exact) mass is 287 g/mol. The van der Waals surface area contributed by atoms with Gasteiger partial charge in [0.15, 0.2) is 0 Å². The van der Waals surface area contributed by atoms with Gasteiger partial charge in [0.05, 0.1) is 6.61 Å². The zero-order valence-electron chi connectivity index (χ0n) is 10.6. The van der Waals surface area contributed by atoms with Crippen LogP contribution in [0.5, 0.6) is 0 Å². The van der Waals surface area contributed by atoms with Crippen molar-refractivity contribution < 1.29 is 9.53 Å². The zero-order valence-corrected chi connectivity index (χ0v) is 12.2. The van der Waals surface area contributed by atoms with Crippen LogP contribution in [-0.2, 0) is 9.53 Å². The third-order valence-corrected chi connectivity index (χ3v) is 3.56. The number of halogens is 1. The van der Waals surface area contributed by atoms with Crippen LogP contribution >= 0.6 is 23.4 Å². The highest BCUT2D eigenvalue weighted by atomic mass is 35.5. The van der Waals surface area contributed by atoms with E-state index in [1.807, 2.05) is 38.1 Å². The minimum Gasteiger partial charge on any atom is -0.465 e. The van der Waals surface area contributed by atoms with Gasteiger partial charge >= 0.3 is 5.97 Å². The molecule has 0 saturated carbocycles. The summed E-state index contributed by atoms with van der Waals surface area (Å²) in [7, 11) is 0. The van der Waals surface area contributed by atoms with E-state index in [2.05, 4.69) is 5.32 Å². The quantitative estimate of drug-likeness (QED) is 0.618. The Hall–Kier alpha value is -0.710. The minimum atomic E-state index is -0.279. The van der Waals surface area contributed by atoms with E-state index >= 15 is 0 Å². The van der Waals surface area contributed by atoms with Crippen LogP contribution in [0.2, 0.25) is 5.02 Å². The predicted molar refractivity (Wildman–Crippen MR) is 76.3 cm³/mol. The summed E-state index contributed by atoms with van der Waals surface area (Å²) in [6.45, 7) is 4.92. The number of hydrogen-bond donors (Lipinski definition) is 1. The molecule has 0 heterocycles. The van der Waals surface area contributed by atoms with E-state index in [4.69, 9.17) is 16.3 Å². The van der Waals surface area contributed by atoms with E-state index in [1.165, 1.54) is 0 Å². The second-order valence-electron chi connectivity index (χ2n) is 3.63. The minimum absolute atomic E-state index is 0.200. The molecule has 1 aromatic carbocycles. The molecule has 1 rings (SSSR count). The highest BCUT2D eigenvalue weighted by Gasteiger charge is 2.18. The van der Waals surface area contributed by atoms with Crippen molar-refractivity contribution in [2.24, 2.45) is 0 Å². The Labute approximate surface area is 117 Å². The van der Waals surface area contributed by atoms with Crippen molar-refractivity contribution in [3.8, 4) is 0 Å². The second-order valence-corrected chi connectivity index (χ2v) is 5.16. The summed E-state index contributed by atoms with van der Waals surface area (Å²) in [5.74, 6) is 0.432. The Balaban J connectivity index is 2.53. The fourth-order valence-electron chi connectivity index (χ4n) is 1.44. The van der Waals surface area contributed by atoms with Crippen molar-refractivity contribution >= 4 is 29.3 Å². The molecule has 0 radical (unpaired) electrons. The van der Waals surface area contributed by atoms with Crippen LogP contribution < -0.4 is 5.32 Å². The standard InChI is InChI=1S/C13H18ClNO2S/c1-3-15-12(13(16)17-4-2)9-18-11-7-5-6-10(14)8-11/h5-8,12,15H,3-4,9H2,1-2H3. The van der Waals surface area contributed by atoms with E-state index in [0.717, 1.165) is 11.4 Å². The summed E-state index contributed by atoms with van der Waals surface area (Å²) in [5.41, 5.74) is 0. The largest absolute Gasteiger partial charge is 0.465 e. The number of ether oxygens (including phenoxy) is 1. The molecule has 3 nitrogen and oxygen atoms in total. The molecule has 0 spiro atoms. The van der Waals surface area contributed by atoms with Gasteiger partial charge in [0, 0.05) is 15.7 Å². The van der Waals surface area contributed by atoms with Crippen LogP contribution in [0.1, 0.15) is 13.8 Å². The molecule has 5 heteroatoms. The molecule has 0 aliphatic heterocycles. The average molecular weight is 288 g/mol. The number of benzene rings is 1. The first kappa shape index (κ1) is 15.3. The van der Waals surface area contributed by atoms with Gasteiger partial charge in [-0.1, -0.05) is 24.6 Å². The number of likely N-dealkylation sites (N-methyl/N-ethyl adjacent to an activating group) is 1. The summed E-state index contributed by atoms with van der Waals surface area (Å²) in [5, 5.41) is 3.83. The molecule has 0 aromatic heterocycles. The maximum atomic E-state index is 11.7. The van der Waals surface area contributed by atoms with E-state index in [-0.39, 0.29) is 12.0 Å². The van der Waals surface area contributed by atoms with Gasteiger partial charge in [-0.3, -0.25) is 4.79 Å². The van der Waals surface area contributed by atoms with Gasteiger partial charge in [-0.15, -0.1) is 11.8 Å². The van der Waals surface area contributed by atoms with Crippen LogP contribution in [-0.4, -0.2) is 30.9 Å². The molecule has 0 amide bonds. The first-order chi connectivity index (χ1) is 8.67. The fourth-order valence-corrected chi connectivity index (χ4v) is 2.69. The highest BCUT2D eigenvalue weighted by molar-refractivity contribution is 7.99. The lowest BCUT2D eigenvalue weighted by Gasteiger charge is -2.15. The molecular weight excluding hydrogens is 270 g/mol. The van der Waals surface area contributed by atoms with Gasteiger partial charge in [-0.2, -0.15) is 0 Å². The number of esters is 1. The normalized spacial score (nSPS) is 12.2. The first-order valence-corrected chi connectivity index (χ1v) is 7.32. The number of carbonyl (C=O) groups excluding carboxylic acids is 1. The number of carbonyl (C=O) groups is 1. The van der Waals surface area contributed by atoms with Crippen molar-refractivity contribution in [2.75, 3.05) is 18.9 Å². The lowest BCUT2D eigenvalue weighted by Crippen LogP contribution is -2.40. The lowest BCUT2D eigenvalue weighted by molar-refractivity contribution is -0.144. The second kappa shape index (κ2) is 8.40. The maximum Gasteiger partial charge on any atom is 0.323 e. The molecule has 0 fully saturated rings. The van der Waals surface area contributed by atoms with Crippen molar-refractivity contribution in [1.29, 1.82) is 0 Å². The smallest absolute Gasteiger partial charge is 0.323 e. The third kappa shape index (κ3) is 5.29. The van der Waals surface area contributed by atoms with Crippen LogP contribution in [0, 0.1) is 0 Å². The fraction of sp³-hybridized carbons (Fsp3) is 0.462. The predicted octanol–water partition coefficient (Wildman–Crippen LogP) is 2.97. The Morgan fingerprint density at radius 1 is 1.50 bits per heavy atom. The third-order valence-electron chi connectivity index (χ3n) is 2.23. The van der Waals surface area contributed by atoms with E-state index in [0.29, 0.717) is 17.4 Å².